The van der Waals surface area contributed by atoms with Crippen LogP contribution in [-0.2, 0) is 12.8 Å². The number of hydrogen-bond acceptors (Lipinski definition) is 4. The number of hydrogen-bond donors (Lipinski definition) is 1. The molecule has 32 heavy (non-hydrogen) atoms. The molecule has 1 aliphatic heterocycles. The molecule has 4 heteroatoms. The van der Waals surface area contributed by atoms with Gasteiger partial charge in [-0.1, -0.05) is 42.8 Å². The topological polar surface area (TPSA) is 24.5 Å². The van der Waals surface area contributed by atoms with E-state index in [0.29, 0.717) is 6.04 Å². The van der Waals surface area contributed by atoms with E-state index in [4.69, 9.17) is 4.74 Å². The minimum atomic E-state index is 0.571. The Morgan fingerprint density at radius 3 is 2.84 bits per heavy atom. The summed E-state index contributed by atoms with van der Waals surface area (Å²) in [6.45, 7) is 6.63. The molecule has 2 aliphatic rings. The van der Waals surface area contributed by atoms with Crippen LogP contribution in [0.3, 0.4) is 0 Å². The van der Waals surface area contributed by atoms with Crippen molar-refractivity contribution in [2.24, 2.45) is 0 Å². The summed E-state index contributed by atoms with van der Waals surface area (Å²) >= 11 is 1.80. The van der Waals surface area contributed by atoms with E-state index in [1.54, 1.807) is 18.9 Å². The van der Waals surface area contributed by atoms with Crippen molar-refractivity contribution in [3.63, 3.8) is 0 Å². The molecule has 1 N–H and O–H groups in total. The van der Waals surface area contributed by atoms with Crippen molar-refractivity contribution in [2.75, 3.05) is 26.5 Å². The Morgan fingerprint density at radius 2 is 2.06 bits per heavy atom. The van der Waals surface area contributed by atoms with Crippen LogP contribution in [-0.4, -0.2) is 37.4 Å². The van der Waals surface area contributed by atoms with Gasteiger partial charge in [-0.05, 0) is 80.2 Å². The van der Waals surface area contributed by atoms with Gasteiger partial charge >= 0.3 is 0 Å². The van der Waals surface area contributed by atoms with E-state index in [2.05, 4.69) is 78.9 Å². The predicted molar refractivity (Wildman–Crippen MR) is 137 cm³/mol. The first-order valence-corrected chi connectivity index (χ1v) is 13.0. The first-order chi connectivity index (χ1) is 15.6. The highest BCUT2D eigenvalue weighted by molar-refractivity contribution is 7.98. The Labute approximate surface area is 197 Å². The molecule has 0 bridgehead atoms. The maximum absolute atomic E-state index is 5.68. The average molecular weight is 449 g/mol. The molecule has 0 radical (unpaired) electrons. The van der Waals surface area contributed by atoms with Crippen LogP contribution < -0.4 is 10.1 Å². The van der Waals surface area contributed by atoms with Gasteiger partial charge in [0.1, 0.15) is 5.75 Å². The van der Waals surface area contributed by atoms with E-state index in [-0.39, 0.29) is 0 Å². The van der Waals surface area contributed by atoms with Gasteiger partial charge in [0.15, 0.2) is 0 Å². The number of nitrogens with zero attached hydrogens (tertiary/aromatic N) is 1. The summed E-state index contributed by atoms with van der Waals surface area (Å²) in [6.07, 6.45) is 10.0. The van der Waals surface area contributed by atoms with Crippen LogP contribution in [0.5, 0.6) is 5.75 Å². The number of methoxy groups -OCH3 is 1. The number of benzene rings is 2. The van der Waals surface area contributed by atoms with Crippen LogP contribution in [0.25, 0.3) is 5.70 Å². The van der Waals surface area contributed by atoms with Gasteiger partial charge in [0, 0.05) is 35.4 Å². The number of aryl methyl sites for hydroxylation is 1. The highest BCUT2D eigenvalue weighted by atomic mass is 32.2. The lowest BCUT2D eigenvalue weighted by molar-refractivity contribution is 0.184. The second kappa shape index (κ2) is 10.6. The first-order valence-electron chi connectivity index (χ1n) is 11.8. The molecule has 0 spiro atoms. The van der Waals surface area contributed by atoms with Crippen LogP contribution in [0.4, 0.5) is 0 Å². The van der Waals surface area contributed by atoms with Crippen molar-refractivity contribution in [2.45, 2.75) is 56.9 Å². The molecule has 0 saturated heterocycles. The molecule has 0 saturated carbocycles. The van der Waals surface area contributed by atoms with Crippen LogP contribution in [0.2, 0.25) is 0 Å². The predicted octanol–water partition coefficient (Wildman–Crippen LogP) is 6.29. The summed E-state index contributed by atoms with van der Waals surface area (Å²) in [6, 6.07) is 15.9. The Kier molecular flexibility index (Phi) is 7.64. The molecule has 2 aromatic carbocycles. The smallest absolute Gasteiger partial charge is 0.122 e. The minimum absolute atomic E-state index is 0.571. The molecular formula is C28H36N2OS. The van der Waals surface area contributed by atoms with Crippen molar-refractivity contribution in [1.82, 2.24) is 10.2 Å². The molecule has 1 aliphatic carbocycles. The molecule has 1 unspecified atom stereocenters. The van der Waals surface area contributed by atoms with Gasteiger partial charge in [-0.3, -0.25) is 4.90 Å². The van der Waals surface area contributed by atoms with Gasteiger partial charge in [0.05, 0.1) is 7.11 Å². The molecule has 1 atom stereocenters. The minimum Gasteiger partial charge on any atom is -0.496 e. The first kappa shape index (κ1) is 23.0. The SMILES string of the molecule is CC/C=C(/NC1=C(C)CCN(C2CCc3cccc(OC)c3C2)C1)c1cccc(SC)c1. The number of nitrogens with one attached hydrogen (secondary N) is 1. The third-order valence-electron chi connectivity index (χ3n) is 6.88. The number of rotatable bonds is 7. The normalized spacial score (nSPS) is 19.6. The van der Waals surface area contributed by atoms with Crippen LogP contribution in [0, 0.1) is 0 Å². The van der Waals surface area contributed by atoms with E-state index >= 15 is 0 Å². The zero-order valence-corrected chi connectivity index (χ0v) is 20.7. The standard InChI is InChI=1S/C28H36N2OS/c1-5-8-26(22-10-6-11-24(17-22)32-4)29-27-19-30(16-15-20(27)2)23-14-13-21-9-7-12-28(31-3)25(21)18-23/h6-12,17,23,29H,5,13-16,18-19H2,1-4H3/b26-8+. The maximum atomic E-state index is 5.68. The van der Waals surface area contributed by atoms with Gasteiger partial charge in [-0.2, -0.15) is 0 Å². The number of thioether (sulfide) groups is 1. The lowest BCUT2D eigenvalue weighted by Crippen LogP contribution is -2.45. The highest BCUT2D eigenvalue weighted by Crippen LogP contribution is 2.33. The molecule has 0 amide bonds. The lowest BCUT2D eigenvalue weighted by Gasteiger charge is -2.39. The zero-order valence-electron chi connectivity index (χ0n) is 19.9. The zero-order chi connectivity index (χ0) is 22.5. The monoisotopic (exact) mass is 448 g/mol. The maximum Gasteiger partial charge on any atom is 0.122 e. The third-order valence-corrected chi connectivity index (χ3v) is 7.60. The van der Waals surface area contributed by atoms with Gasteiger partial charge in [-0.25, -0.2) is 0 Å². The summed E-state index contributed by atoms with van der Waals surface area (Å²) in [7, 11) is 1.79. The highest BCUT2D eigenvalue weighted by Gasteiger charge is 2.29. The molecule has 0 aromatic heterocycles. The largest absolute Gasteiger partial charge is 0.496 e. The van der Waals surface area contributed by atoms with Crippen molar-refractivity contribution in [3.05, 3.63) is 76.5 Å². The average Bonchev–Trinajstić information content (AvgIpc) is 2.84. The Bertz CT molecular complexity index is 996. The summed E-state index contributed by atoms with van der Waals surface area (Å²) in [5, 5.41) is 3.85. The molecule has 0 fully saturated rings. The molecular weight excluding hydrogens is 412 g/mol. The Balaban J connectivity index is 1.51. The van der Waals surface area contributed by atoms with Gasteiger partial charge < -0.3 is 10.1 Å². The van der Waals surface area contributed by atoms with Gasteiger partial charge in [0.25, 0.3) is 0 Å². The summed E-state index contributed by atoms with van der Waals surface area (Å²) in [5.41, 5.74) is 8.23. The van der Waals surface area contributed by atoms with Crippen molar-refractivity contribution in [3.8, 4) is 5.75 Å². The second-order valence-electron chi connectivity index (χ2n) is 8.86. The molecule has 4 rings (SSSR count). The van der Waals surface area contributed by atoms with Crippen LogP contribution in [0.15, 0.2) is 64.7 Å². The van der Waals surface area contributed by atoms with E-state index in [1.165, 1.54) is 45.0 Å². The quantitative estimate of drug-likeness (QED) is 0.503. The van der Waals surface area contributed by atoms with Gasteiger partial charge in [0.2, 0.25) is 0 Å². The van der Waals surface area contributed by atoms with E-state index in [9.17, 15) is 0 Å². The molecule has 3 nitrogen and oxygen atoms in total. The summed E-state index contributed by atoms with van der Waals surface area (Å²) in [4.78, 5) is 3.99. The van der Waals surface area contributed by atoms with E-state index in [0.717, 1.165) is 44.5 Å². The molecule has 170 valence electrons. The summed E-state index contributed by atoms with van der Waals surface area (Å²) < 4.78 is 5.68. The Morgan fingerprint density at radius 1 is 1.22 bits per heavy atom. The lowest BCUT2D eigenvalue weighted by atomic mass is 9.86. The second-order valence-corrected chi connectivity index (χ2v) is 9.74. The van der Waals surface area contributed by atoms with Crippen molar-refractivity contribution >= 4 is 17.5 Å². The third kappa shape index (κ3) is 5.07. The van der Waals surface area contributed by atoms with Crippen LogP contribution >= 0.6 is 11.8 Å². The van der Waals surface area contributed by atoms with Crippen LogP contribution in [0.1, 0.15) is 49.8 Å². The van der Waals surface area contributed by atoms with E-state index in [1.807, 2.05) is 0 Å². The number of allylic oxidation sites excluding steroid dienone is 1. The van der Waals surface area contributed by atoms with Gasteiger partial charge in [-0.15, -0.1) is 11.8 Å². The molecule has 1 heterocycles. The van der Waals surface area contributed by atoms with E-state index < -0.39 is 0 Å². The fourth-order valence-electron chi connectivity index (χ4n) is 4.98. The molecule has 2 aromatic rings. The van der Waals surface area contributed by atoms with Crippen molar-refractivity contribution < 1.29 is 4.74 Å². The number of ether oxygens (including phenoxy) is 1. The Hall–Kier alpha value is -2.17. The van der Waals surface area contributed by atoms with Crippen molar-refractivity contribution in [1.29, 1.82) is 0 Å². The fraction of sp³-hybridized carbons (Fsp3) is 0.429. The number of fused-ring (bicyclic) bond motifs is 1. The summed E-state index contributed by atoms with van der Waals surface area (Å²) in [5.74, 6) is 1.05. The fourth-order valence-corrected chi connectivity index (χ4v) is 5.43.